The van der Waals surface area contributed by atoms with Gasteiger partial charge in [0.25, 0.3) is 0 Å². The second kappa shape index (κ2) is 8.33. The first-order chi connectivity index (χ1) is 13.1. The van der Waals surface area contributed by atoms with Gasteiger partial charge in [-0.2, -0.15) is 0 Å². The Morgan fingerprint density at radius 3 is 2.44 bits per heavy atom. The van der Waals surface area contributed by atoms with E-state index in [1.807, 2.05) is 24.3 Å². The number of rotatable bonds is 4. The Kier molecular flexibility index (Phi) is 5.85. The number of hydrazine groups is 1. The molecule has 4 nitrogen and oxygen atoms in total. The number of halogens is 3. The van der Waals surface area contributed by atoms with Crippen molar-refractivity contribution < 1.29 is 4.39 Å². The number of benzene rings is 2. The standard InChI is InChI=1S/C20H23Cl2FN4/c21-16-3-6-19(18(22)11-16)27-9-7-26(8-10-27)13-15-12-24-25-20(15)14-1-4-17(23)5-2-14/h1-6,11,15,20,24-25H,7-10,12-13H2. The molecule has 0 spiro atoms. The Morgan fingerprint density at radius 2 is 1.74 bits per heavy atom. The molecule has 0 radical (unpaired) electrons. The summed E-state index contributed by atoms with van der Waals surface area (Å²) in [5, 5.41) is 1.37. The summed E-state index contributed by atoms with van der Waals surface area (Å²) in [7, 11) is 0. The molecule has 0 amide bonds. The van der Waals surface area contributed by atoms with Crippen LogP contribution in [0.5, 0.6) is 0 Å². The smallest absolute Gasteiger partial charge is 0.123 e. The largest absolute Gasteiger partial charge is 0.368 e. The fourth-order valence-corrected chi connectivity index (χ4v) is 4.50. The summed E-state index contributed by atoms with van der Waals surface area (Å²) < 4.78 is 13.2. The highest BCUT2D eigenvalue weighted by Crippen LogP contribution is 2.30. The molecule has 4 rings (SSSR count). The third-order valence-corrected chi connectivity index (χ3v) is 5.98. The zero-order valence-electron chi connectivity index (χ0n) is 15.0. The molecular weight excluding hydrogens is 386 g/mol. The number of hydrogen-bond acceptors (Lipinski definition) is 4. The molecular formula is C20H23Cl2FN4. The van der Waals surface area contributed by atoms with E-state index in [2.05, 4.69) is 20.7 Å². The molecule has 2 atom stereocenters. The third kappa shape index (κ3) is 4.39. The molecule has 2 N–H and O–H groups in total. The SMILES string of the molecule is Fc1ccc(C2NNCC2CN2CCN(c3ccc(Cl)cc3Cl)CC2)cc1. The van der Waals surface area contributed by atoms with Gasteiger partial charge in [-0.3, -0.25) is 10.3 Å². The highest BCUT2D eigenvalue weighted by Gasteiger charge is 2.31. The maximum atomic E-state index is 13.2. The van der Waals surface area contributed by atoms with E-state index in [1.165, 1.54) is 12.1 Å². The summed E-state index contributed by atoms with van der Waals surface area (Å²) >= 11 is 12.4. The van der Waals surface area contributed by atoms with Gasteiger partial charge < -0.3 is 4.90 Å². The second-order valence-electron chi connectivity index (χ2n) is 7.20. The highest BCUT2D eigenvalue weighted by atomic mass is 35.5. The molecule has 2 unspecified atom stereocenters. The van der Waals surface area contributed by atoms with Crippen LogP contribution in [0.1, 0.15) is 11.6 Å². The zero-order valence-corrected chi connectivity index (χ0v) is 16.5. The van der Waals surface area contributed by atoms with E-state index in [0.717, 1.165) is 50.5 Å². The van der Waals surface area contributed by atoms with Crippen LogP contribution >= 0.6 is 23.2 Å². The molecule has 2 heterocycles. The van der Waals surface area contributed by atoms with Gasteiger partial charge in [0.1, 0.15) is 5.82 Å². The van der Waals surface area contributed by atoms with Gasteiger partial charge in [-0.25, -0.2) is 9.82 Å². The molecule has 7 heteroatoms. The summed E-state index contributed by atoms with van der Waals surface area (Å²) in [5.74, 6) is 0.249. The summed E-state index contributed by atoms with van der Waals surface area (Å²) in [6.07, 6.45) is 0. The summed E-state index contributed by atoms with van der Waals surface area (Å²) in [6.45, 7) is 5.78. The van der Waals surface area contributed by atoms with E-state index in [-0.39, 0.29) is 11.9 Å². The Bertz CT molecular complexity index is 778. The lowest BCUT2D eigenvalue weighted by atomic mass is 9.94. The monoisotopic (exact) mass is 408 g/mol. The van der Waals surface area contributed by atoms with E-state index in [0.29, 0.717) is 16.0 Å². The van der Waals surface area contributed by atoms with Crippen LogP contribution in [0.3, 0.4) is 0 Å². The van der Waals surface area contributed by atoms with Crippen molar-refractivity contribution in [3.63, 3.8) is 0 Å². The van der Waals surface area contributed by atoms with Crippen LogP contribution in [-0.2, 0) is 0 Å². The zero-order chi connectivity index (χ0) is 18.8. The van der Waals surface area contributed by atoms with E-state index in [9.17, 15) is 4.39 Å². The number of anilines is 1. The van der Waals surface area contributed by atoms with Crippen LogP contribution in [0.15, 0.2) is 42.5 Å². The van der Waals surface area contributed by atoms with Crippen molar-refractivity contribution in [2.24, 2.45) is 5.92 Å². The quantitative estimate of drug-likeness (QED) is 0.806. The van der Waals surface area contributed by atoms with E-state index < -0.39 is 0 Å². The average Bonchev–Trinajstić information content (AvgIpc) is 3.11. The number of nitrogens with zero attached hydrogens (tertiary/aromatic N) is 2. The van der Waals surface area contributed by atoms with Crippen LogP contribution in [-0.4, -0.2) is 44.2 Å². The van der Waals surface area contributed by atoms with E-state index in [1.54, 1.807) is 6.07 Å². The van der Waals surface area contributed by atoms with E-state index >= 15 is 0 Å². The van der Waals surface area contributed by atoms with Gasteiger partial charge in [-0.1, -0.05) is 35.3 Å². The van der Waals surface area contributed by atoms with Crippen LogP contribution < -0.4 is 15.8 Å². The van der Waals surface area contributed by atoms with Crippen molar-refractivity contribution >= 4 is 28.9 Å². The van der Waals surface area contributed by atoms with Gasteiger partial charge >= 0.3 is 0 Å². The van der Waals surface area contributed by atoms with Crippen molar-refractivity contribution in [3.8, 4) is 0 Å². The van der Waals surface area contributed by atoms with Crippen molar-refractivity contribution in [1.29, 1.82) is 0 Å². The van der Waals surface area contributed by atoms with Crippen LogP contribution in [0, 0.1) is 11.7 Å². The predicted octanol–water partition coefficient (Wildman–Crippen LogP) is 3.72. The van der Waals surface area contributed by atoms with Crippen molar-refractivity contribution in [3.05, 3.63) is 63.9 Å². The number of nitrogens with one attached hydrogen (secondary N) is 2. The molecule has 144 valence electrons. The van der Waals surface area contributed by atoms with Gasteiger partial charge in [-0.05, 0) is 35.9 Å². The van der Waals surface area contributed by atoms with Crippen LogP contribution in [0.2, 0.25) is 10.0 Å². The molecule has 0 aromatic heterocycles. The molecule has 2 aromatic rings. The Labute approximate surface area is 169 Å². The Hall–Kier alpha value is -1.37. The fraction of sp³-hybridized carbons (Fsp3) is 0.400. The maximum Gasteiger partial charge on any atom is 0.123 e. The normalized spacial score (nSPS) is 23.7. The van der Waals surface area contributed by atoms with Crippen LogP contribution in [0.25, 0.3) is 0 Å². The van der Waals surface area contributed by atoms with Gasteiger partial charge in [0.2, 0.25) is 0 Å². The minimum absolute atomic E-state index is 0.196. The predicted molar refractivity (Wildman–Crippen MR) is 109 cm³/mol. The van der Waals surface area contributed by atoms with Gasteiger partial charge in [0.05, 0.1) is 16.8 Å². The lowest BCUT2D eigenvalue weighted by Crippen LogP contribution is -2.48. The van der Waals surface area contributed by atoms with Gasteiger partial charge in [0.15, 0.2) is 0 Å². The second-order valence-corrected chi connectivity index (χ2v) is 8.04. The lowest BCUT2D eigenvalue weighted by Gasteiger charge is -2.38. The first-order valence-corrected chi connectivity index (χ1v) is 10.0. The first-order valence-electron chi connectivity index (χ1n) is 9.26. The summed E-state index contributed by atoms with van der Waals surface area (Å²) in [5.41, 5.74) is 8.77. The van der Waals surface area contributed by atoms with Gasteiger partial charge in [0, 0.05) is 50.2 Å². The average molecular weight is 409 g/mol. The molecule has 2 saturated heterocycles. The lowest BCUT2D eigenvalue weighted by molar-refractivity contribution is 0.214. The molecule has 0 saturated carbocycles. The Morgan fingerprint density at radius 1 is 1.00 bits per heavy atom. The van der Waals surface area contributed by atoms with Crippen molar-refractivity contribution in [2.75, 3.05) is 44.2 Å². The van der Waals surface area contributed by atoms with Crippen molar-refractivity contribution in [1.82, 2.24) is 15.8 Å². The number of hydrogen-bond donors (Lipinski definition) is 2. The molecule has 2 aromatic carbocycles. The maximum absolute atomic E-state index is 13.2. The van der Waals surface area contributed by atoms with Crippen LogP contribution in [0.4, 0.5) is 10.1 Å². The fourth-order valence-electron chi connectivity index (χ4n) is 3.97. The molecule has 2 aliphatic rings. The molecule has 2 fully saturated rings. The molecule has 0 bridgehead atoms. The minimum atomic E-state index is -0.196. The van der Waals surface area contributed by atoms with Crippen molar-refractivity contribution in [2.45, 2.75) is 6.04 Å². The highest BCUT2D eigenvalue weighted by molar-refractivity contribution is 6.36. The summed E-state index contributed by atoms with van der Waals surface area (Å²) in [4.78, 5) is 4.81. The van der Waals surface area contributed by atoms with E-state index in [4.69, 9.17) is 23.2 Å². The third-order valence-electron chi connectivity index (χ3n) is 5.44. The molecule has 0 aliphatic carbocycles. The minimum Gasteiger partial charge on any atom is -0.368 e. The molecule has 27 heavy (non-hydrogen) atoms. The number of piperazine rings is 1. The first kappa shape index (κ1) is 19.0. The molecule has 2 aliphatic heterocycles. The Balaban J connectivity index is 1.35. The van der Waals surface area contributed by atoms with Gasteiger partial charge in [-0.15, -0.1) is 0 Å². The summed E-state index contributed by atoms with van der Waals surface area (Å²) in [6, 6.07) is 12.7. The topological polar surface area (TPSA) is 30.5 Å².